The van der Waals surface area contributed by atoms with Gasteiger partial charge in [-0.1, -0.05) is 23.7 Å². The molecule has 1 saturated heterocycles. The number of nitrogens with one attached hydrogen (secondary N) is 1. The Kier molecular flexibility index (Phi) is 5.70. The molecule has 0 saturated carbocycles. The Morgan fingerprint density at radius 2 is 2.00 bits per heavy atom. The topological polar surface area (TPSA) is 45.2 Å². The second-order valence-corrected chi connectivity index (χ2v) is 6.53. The molecule has 1 aliphatic heterocycles. The smallest absolute Gasteiger partial charge is 0.272 e. The Morgan fingerprint density at radius 3 is 2.71 bits per heavy atom. The summed E-state index contributed by atoms with van der Waals surface area (Å²) in [5.74, 6) is 0.0418. The molecule has 1 amide bonds. The van der Waals surface area contributed by atoms with Crippen molar-refractivity contribution in [3.8, 4) is 0 Å². The molecule has 1 aromatic carbocycles. The van der Waals surface area contributed by atoms with Gasteiger partial charge in [0.2, 0.25) is 0 Å². The first-order valence-electron chi connectivity index (χ1n) is 8.46. The molecule has 24 heavy (non-hydrogen) atoms. The van der Waals surface area contributed by atoms with Gasteiger partial charge in [0.25, 0.3) is 5.91 Å². The number of nitrogens with zero attached hydrogens (tertiary/aromatic N) is 2. The van der Waals surface area contributed by atoms with Gasteiger partial charge in [0.05, 0.1) is 11.9 Å². The van der Waals surface area contributed by atoms with Crippen LogP contribution < -0.4 is 5.32 Å². The van der Waals surface area contributed by atoms with Crippen LogP contribution in [0, 0.1) is 0 Å². The van der Waals surface area contributed by atoms with Gasteiger partial charge in [0.15, 0.2) is 0 Å². The van der Waals surface area contributed by atoms with Gasteiger partial charge in [-0.3, -0.25) is 4.79 Å². The van der Waals surface area contributed by atoms with E-state index in [4.69, 9.17) is 11.6 Å². The van der Waals surface area contributed by atoms with Crippen LogP contribution in [-0.4, -0.2) is 35.4 Å². The standard InChI is InChI=1S/C19H22ClN3O/c20-16-6-4-5-15(13-16)9-10-21-17-7-8-18(22-14-17)19(24)23-11-2-1-3-12-23/h4-8,13-14,21H,1-3,9-12H2. The number of rotatable bonds is 5. The fourth-order valence-electron chi connectivity index (χ4n) is 2.93. The van der Waals surface area contributed by atoms with Crippen molar-refractivity contribution in [1.29, 1.82) is 0 Å². The molecule has 0 unspecified atom stereocenters. The summed E-state index contributed by atoms with van der Waals surface area (Å²) in [6, 6.07) is 11.6. The number of amides is 1. The minimum Gasteiger partial charge on any atom is -0.383 e. The first-order chi connectivity index (χ1) is 11.7. The van der Waals surface area contributed by atoms with Gasteiger partial charge < -0.3 is 10.2 Å². The molecule has 2 heterocycles. The van der Waals surface area contributed by atoms with Crippen LogP contribution in [0.15, 0.2) is 42.6 Å². The van der Waals surface area contributed by atoms with Crippen molar-refractivity contribution in [3.05, 3.63) is 58.9 Å². The van der Waals surface area contributed by atoms with E-state index in [0.717, 1.165) is 49.6 Å². The van der Waals surface area contributed by atoms with Crippen molar-refractivity contribution in [1.82, 2.24) is 9.88 Å². The minimum absolute atomic E-state index is 0.0418. The monoisotopic (exact) mass is 343 g/mol. The van der Waals surface area contributed by atoms with E-state index in [1.54, 1.807) is 12.3 Å². The number of hydrogen-bond acceptors (Lipinski definition) is 3. The lowest BCUT2D eigenvalue weighted by Gasteiger charge is -2.26. The minimum atomic E-state index is 0.0418. The maximum absolute atomic E-state index is 12.4. The van der Waals surface area contributed by atoms with E-state index in [0.29, 0.717) is 5.69 Å². The zero-order valence-corrected chi connectivity index (χ0v) is 14.4. The fraction of sp³-hybridized carbons (Fsp3) is 0.368. The van der Waals surface area contributed by atoms with Crippen molar-refractivity contribution in [3.63, 3.8) is 0 Å². The lowest BCUT2D eigenvalue weighted by atomic mass is 10.1. The SMILES string of the molecule is O=C(c1ccc(NCCc2cccc(Cl)c2)cn1)N1CCCCC1. The Bertz CT molecular complexity index is 681. The van der Waals surface area contributed by atoms with Crippen molar-refractivity contribution >= 4 is 23.2 Å². The molecule has 0 radical (unpaired) electrons. The number of hydrogen-bond donors (Lipinski definition) is 1. The van der Waals surface area contributed by atoms with Crippen LogP contribution >= 0.6 is 11.6 Å². The van der Waals surface area contributed by atoms with Crippen LogP contribution in [0.5, 0.6) is 0 Å². The van der Waals surface area contributed by atoms with Crippen LogP contribution in [0.2, 0.25) is 5.02 Å². The van der Waals surface area contributed by atoms with E-state index in [1.807, 2.05) is 29.2 Å². The highest BCUT2D eigenvalue weighted by Gasteiger charge is 2.18. The van der Waals surface area contributed by atoms with Crippen molar-refractivity contribution in [2.24, 2.45) is 0 Å². The summed E-state index contributed by atoms with van der Waals surface area (Å²) >= 11 is 5.99. The van der Waals surface area contributed by atoms with Gasteiger partial charge in [0.1, 0.15) is 5.69 Å². The summed E-state index contributed by atoms with van der Waals surface area (Å²) in [7, 11) is 0. The van der Waals surface area contributed by atoms with Crippen LogP contribution in [0.4, 0.5) is 5.69 Å². The number of aromatic nitrogens is 1. The zero-order chi connectivity index (χ0) is 16.8. The van der Waals surface area contributed by atoms with Gasteiger partial charge in [-0.15, -0.1) is 0 Å². The predicted octanol–water partition coefficient (Wildman–Crippen LogP) is 4.02. The Hall–Kier alpha value is -2.07. The number of likely N-dealkylation sites (tertiary alicyclic amines) is 1. The molecule has 1 aliphatic rings. The normalized spacial score (nSPS) is 14.5. The zero-order valence-electron chi connectivity index (χ0n) is 13.7. The van der Waals surface area contributed by atoms with E-state index in [9.17, 15) is 4.79 Å². The van der Waals surface area contributed by atoms with Crippen LogP contribution in [-0.2, 0) is 6.42 Å². The third kappa shape index (κ3) is 4.48. The average molecular weight is 344 g/mol. The summed E-state index contributed by atoms with van der Waals surface area (Å²) in [6.07, 6.45) is 6.01. The Balaban J connectivity index is 1.51. The Morgan fingerprint density at radius 1 is 1.17 bits per heavy atom. The number of anilines is 1. The van der Waals surface area contributed by atoms with E-state index in [-0.39, 0.29) is 5.91 Å². The van der Waals surface area contributed by atoms with Crippen molar-refractivity contribution in [2.45, 2.75) is 25.7 Å². The molecule has 0 aliphatic carbocycles. The molecule has 0 bridgehead atoms. The molecule has 2 aromatic rings. The van der Waals surface area contributed by atoms with Gasteiger partial charge in [-0.25, -0.2) is 4.98 Å². The van der Waals surface area contributed by atoms with Gasteiger partial charge in [-0.2, -0.15) is 0 Å². The van der Waals surface area contributed by atoms with Crippen molar-refractivity contribution in [2.75, 3.05) is 25.0 Å². The van der Waals surface area contributed by atoms with Gasteiger partial charge in [-0.05, 0) is 55.5 Å². The average Bonchev–Trinajstić information content (AvgIpc) is 2.63. The molecule has 3 rings (SSSR count). The molecule has 1 fully saturated rings. The highest BCUT2D eigenvalue weighted by Crippen LogP contribution is 2.14. The van der Waals surface area contributed by atoms with E-state index in [2.05, 4.69) is 16.4 Å². The molecule has 4 nitrogen and oxygen atoms in total. The second-order valence-electron chi connectivity index (χ2n) is 6.09. The molecular formula is C19H22ClN3O. The van der Waals surface area contributed by atoms with E-state index < -0.39 is 0 Å². The third-order valence-electron chi connectivity index (χ3n) is 4.26. The van der Waals surface area contributed by atoms with Gasteiger partial charge >= 0.3 is 0 Å². The fourth-order valence-corrected chi connectivity index (χ4v) is 3.14. The van der Waals surface area contributed by atoms with E-state index in [1.165, 1.54) is 12.0 Å². The number of carbonyl (C=O) groups excluding carboxylic acids is 1. The van der Waals surface area contributed by atoms with Crippen LogP contribution in [0.25, 0.3) is 0 Å². The lowest BCUT2D eigenvalue weighted by Crippen LogP contribution is -2.36. The van der Waals surface area contributed by atoms with Crippen molar-refractivity contribution < 1.29 is 4.79 Å². The highest BCUT2D eigenvalue weighted by atomic mass is 35.5. The largest absolute Gasteiger partial charge is 0.383 e. The molecular weight excluding hydrogens is 322 g/mol. The summed E-state index contributed by atoms with van der Waals surface area (Å²) in [6.45, 7) is 2.49. The molecule has 1 N–H and O–H groups in total. The number of carbonyl (C=O) groups is 1. The second kappa shape index (κ2) is 8.15. The molecule has 1 aromatic heterocycles. The Labute approximate surface area is 147 Å². The number of benzene rings is 1. The molecule has 126 valence electrons. The van der Waals surface area contributed by atoms with Crippen LogP contribution in [0.3, 0.4) is 0 Å². The first kappa shape index (κ1) is 16.8. The highest BCUT2D eigenvalue weighted by molar-refractivity contribution is 6.30. The van der Waals surface area contributed by atoms with Crippen LogP contribution in [0.1, 0.15) is 35.3 Å². The van der Waals surface area contributed by atoms with Gasteiger partial charge in [0, 0.05) is 24.7 Å². The summed E-state index contributed by atoms with van der Waals surface area (Å²) in [5, 5.41) is 4.09. The lowest BCUT2D eigenvalue weighted by molar-refractivity contribution is 0.0718. The molecule has 5 heteroatoms. The number of piperidine rings is 1. The third-order valence-corrected chi connectivity index (χ3v) is 4.49. The molecule has 0 atom stereocenters. The van der Waals surface area contributed by atoms with E-state index >= 15 is 0 Å². The quantitative estimate of drug-likeness (QED) is 0.892. The first-order valence-corrected chi connectivity index (χ1v) is 8.84. The summed E-state index contributed by atoms with van der Waals surface area (Å²) in [4.78, 5) is 18.6. The maximum Gasteiger partial charge on any atom is 0.272 e. The number of halogens is 1. The number of pyridine rings is 1. The summed E-state index contributed by atoms with van der Waals surface area (Å²) < 4.78 is 0. The predicted molar refractivity (Wildman–Crippen MR) is 97.6 cm³/mol. The molecule has 0 spiro atoms. The summed E-state index contributed by atoms with van der Waals surface area (Å²) in [5.41, 5.74) is 2.64. The maximum atomic E-state index is 12.4.